The molecule has 0 aliphatic carbocycles. The molecule has 138 valence electrons. The van der Waals surface area contributed by atoms with Gasteiger partial charge in [-0.25, -0.2) is 8.42 Å². The average molecular weight is 407 g/mol. The van der Waals surface area contributed by atoms with Crippen molar-refractivity contribution in [3.05, 3.63) is 28.2 Å². The number of nitrogens with one attached hydrogen (secondary N) is 1. The Kier molecular flexibility index (Phi) is 6.35. The highest BCUT2D eigenvalue weighted by molar-refractivity contribution is 7.92. The fourth-order valence-corrected chi connectivity index (χ4v) is 3.48. The number of nitrogens with zero attached hydrogens (tertiary/aromatic N) is 1. The maximum Gasteiger partial charge on any atom is 0.247 e. The first-order chi connectivity index (χ1) is 11.6. The van der Waals surface area contributed by atoms with Gasteiger partial charge in [0.1, 0.15) is 11.3 Å². The van der Waals surface area contributed by atoms with Crippen molar-refractivity contribution < 1.29 is 18.0 Å². The molecule has 1 aromatic carbocycles. The predicted octanol–water partition coefficient (Wildman–Crippen LogP) is 2.75. The number of sulfone groups is 1. The van der Waals surface area contributed by atoms with Crippen LogP contribution in [0.3, 0.4) is 0 Å². The number of benzene rings is 1. The Labute approximate surface area is 157 Å². The molecule has 0 saturated carbocycles. The Bertz CT molecular complexity index is 782. The summed E-state index contributed by atoms with van der Waals surface area (Å²) in [4.78, 5) is 26.5. The molecule has 1 N–H and O–H groups in total. The molecule has 0 spiro atoms. The fourth-order valence-electron chi connectivity index (χ4n) is 2.68. The molecule has 2 atom stereocenters. The molecular formula is C16H20Cl2N2O4S. The van der Waals surface area contributed by atoms with Crippen molar-refractivity contribution in [2.45, 2.75) is 37.5 Å². The summed E-state index contributed by atoms with van der Waals surface area (Å²) in [5, 5.41) is 2.22. The second-order valence-electron chi connectivity index (χ2n) is 6.13. The van der Waals surface area contributed by atoms with Crippen molar-refractivity contribution in [1.82, 2.24) is 4.90 Å². The number of likely N-dealkylation sites (tertiary alicyclic amines) is 1. The highest BCUT2D eigenvalue weighted by Crippen LogP contribution is 2.26. The zero-order valence-corrected chi connectivity index (χ0v) is 16.3. The van der Waals surface area contributed by atoms with E-state index in [9.17, 15) is 18.0 Å². The number of hydrogen-bond acceptors (Lipinski definition) is 4. The van der Waals surface area contributed by atoms with Crippen molar-refractivity contribution in [3.63, 3.8) is 0 Å². The second kappa shape index (κ2) is 7.93. The predicted molar refractivity (Wildman–Crippen MR) is 98.7 cm³/mol. The number of carbonyl (C=O) groups is 2. The summed E-state index contributed by atoms with van der Waals surface area (Å²) in [6, 6.07) is 3.99. The van der Waals surface area contributed by atoms with E-state index in [0.29, 0.717) is 28.7 Å². The van der Waals surface area contributed by atoms with Gasteiger partial charge in [-0.1, -0.05) is 23.2 Å². The molecule has 9 heteroatoms. The molecule has 25 heavy (non-hydrogen) atoms. The largest absolute Gasteiger partial charge is 0.330 e. The smallest absolute Gasteiger partial charge is 0.247 e. The van der Waals surface area contributed by atoms with E-state index >= 15 is 0 Å². The minimum absolute atomic E-state index is 0.307. The molecule has 1 heterocycles. The van der Waals surface area contributed by atoms with Gasteiger partial charge in [0.05, 0.1) is 10.0 Å². The number of piperidine rings is 1. The standard InChI is InChI=1S/C16H20Cl2N2O4S/c1-10(25(2,23)24)16(22)20-8-4-3-5-14(20)15(21)19-11-6-7-12(17)13(18)9-11/h6-7,9-10,14H,3-5,8H2,1-2H3,(H,19,21)/t10-,14-/m0/s1. The highest BCUT2D eigenvalue weighted by atomic mass is 35.5. The lowest BCUT2D eigenvalue weighted by atomic mass is 10.0. The fraction of sp³-hybridized carbons (Fsp3) is 0.500. The molecule has 0 radical (unpaired) electrons. The van der Waals surface area contributed by atoms with Crippen LogP contribution in [0.2, 0.25) is 10.0 Å². The Morgan fingerprint density at radius 2 is 1.92 bits per heavy atom. The van der Waals surface area contributed by atoms with Gasteiger partial charge in [0.25, 0.3) is 0 Å². The van der Waals surface area contributed by atoms with Gasteiger partial charge in [-0.05, 0) is 44.4 Å². The summed E-state index contributed by atoms with van der Waals surface area (Å²) in [7, 11) is -3.52. The molecule has 1 saturated heterocycles. The molecule has 0 unspecified atom stereocenters. The Hall–Kier alpha value is -1.31. The first kappa shape index (κ1) is 20.0. The normalized spacial score (nSPS) is 19.4. The summed E-state index contributed by atoms with van der Waals surface area (Å²) >= 11 is 11.8. The van der Waals surface area contributed by atoms with Crippen molar-refractivity contribution >= 4 is 50.5 Å². The monoisotopic (exact) mass is 406 g/mol. The molecule has 0 bridgehead atoms. The first-order valence-electron chi connectivity index (χ1n) is 7.86. The van der Waals surface area contributed by atoms with E-state index in [0.717, 1.165) is 19.1 Å². The summed E-state index contributed by atoms with van der Waals surface area (Å²) < 4.78 is 23.4. The van der Waals surface area contributed by atoms with Crippen LogP contribution in [0.4, 0.5) is 5.69 Å². The van der Waals surface area contributed by atoms with Crippen LogP contribution in [0.5, 0.6) is 0 Å². The molecule has 2 amide bonds. The van der Waals surface area contributed by atoms with Gasteiger partial charge in [0.15, 0.2) is 9.84 Å². The number of carbonyl (C=O) groups excluding carboxylic acids is 2. The third-order valence-electron chi connectivity index (χ3n) is 4.27. The van der Waals surface area contributed by atoms with Crippen LogP contribution < -0.4 is 5.32 Å². The number of rotatable bonds is 4. The lowest BCUT2D eigenvalue weighted by Crippen LogP contribution is -2.53. The molecule has 6 nitrogen and oxygen atoms in total. The Morgan fingerprint density at radius 3 is 2.52 bits per heavy atom. The lowest BCUT2D eigenvalue weighted by Gasteiger charge is -2.36. The molecule has 1 aromatic rings. The Morgan fingerprint density at radius 1 is 1.24 bits per heavy atom. The molecule has 1 aliphatic heterocycles. The maximum atomic E-state index is 12.6. The van der Waals surface area contributed by atoms with E-state index in [1.54, 1.807) is 12.1 Å². The van der Waals surface area contributed by atoms with Crippen LogP contribution in [-0.4, -0.2) is 49.2 Å². The highest BCUT2D eigenvalue weighted by Gasteiger charge is 2.37. The summed E-state index contributed by atoms with van der Waals surface area (Å²) in [5.41, 5.74) is 0.466. The second-order valence-corrected chi connectivity index (χ2v) is 9.31. The number of halogens is 2. The van der Waals surface area contributed by atoms with Crippen molar-refractivity contribution in [1.29, 1.82) is 0 Å². The van der Waals surface area contributed by atoms with Crippen LogP contribution in [0, 0.1) is 0 Å². The Balaban J connectivity index is 2.17. The topological polar surface area (TPSA) is 83.6 Å². The van der Waals surface area contributed by atoms with Gasteiger partial charge in [0, 0.05) is 18.5 Å². The summed E-state index contributed by atoms with van der Waals surface area (Å²) in [5.74, 6) is -0.913. The summed E-state index contributed by atoms with van der Waals surface area (Å²) in [6.45, 7) is 1.71. The summed E-state index contributed by atoms with van der Waals surface area (Å²) in [6.07, 6.45) is 3.02. The number of anilines is 1. The van der Waals surface area contributed by atoms with Gasteiger partial charge >= 0.3 is 0 Å². The lowest BCUT2D eigenvalue weighted by molar-refractivity contribution is -0.139. The zero-order valence-electron chi connectivity index (χ0n) is 14.0. The average Bonchev–Trinajstić information content (AvgIpc) is 2.56. The van der Waals surface area contributed by atoms with Crippen molar-refractivity contribution in [2.24, 2.45) is 0 Å². The number of amides is 2. The quantitative estimate of drug-likeness (QED) is 0.832. The van der Waals surface area contributed by atoms with Gasteiger partial charge in [-0.3, -0.25) is 9.59 Å². The van der Waals surface area contributed by atoms with Crippen LogP contribution in [0.25, 0.3) is 0 Å². The van der Waals surface area contributed by atoms with E-state index in [4.69, 9.17) is 23.2 Å². The first-order valence-corrected chi connectivity index (χ1v) is 10.6. The minimum Gasteiger partial charge on any atom is -0.330 e. The van der Waals surface area contributed by atoms with E-state index in [1.165, 1.54) is 17.9 Å². The SMILES string of the molecule is C[C@@H](C(=O)N1CCCC[C@H]1C(=O)Nc1ccc(Cl)c(Cl)c1)S(C)(=O)=O. The van der Waals surface area contributed by atoms with Gasteiger partial charge in [0.2, 0.25) is 11.8 Å². The van der Waals surface area contributed by atoms with Crippen LogP contribution in [0.1, 0.15) is 26.2 Å². The van der Waals surface area contributed by atoms with Crippen LogP contribution >= 0.6 is 23.2 Å². The molecule has 1 aliphatic rings. The molecular weight excluding hydrogens is 387 g/mol. The third-order valence-corrected chi connectivity index (χ3v) is 6.49. The van der Waals surface area contributed by atoms with Gasteiger partial charge in [-0.15, -0.1) is 0 Å². The van der Waals surface area contributed by atoms with Gasteiger partial charge in [-0.2, -0.15) is 0 Å². The van der Waals surface area contributed by atoms with Crippen LogP contribution in [0.15, 0.2) is 18.2 Å². The molecule has 0 aromatic heterocycles. The maximum absolute atomic E-state index is 12.6. The van der Waals surface area contributed by atoms with Crippen molar-refractivity contribution in [2.75, 3.05) is 18.1 Å². The van der Waals surface area contributed by atoms with Crippen molar-refractivity contribution in [3.8, 4) is 0 Å². The number of hydrogen-bond donors (Lipinski definition) is 1. The minimum atomic E-state index is -3.52. The van der Waals surface area contributed by atoms with Crippen LogP contribution in [-0.2, 0) is 19.4 Å². The van der Waals surface area contributed by atoms with E-state index in [2.05, 4.69) is 5.32 Å². The molecule has 1 fully saturated rings. The van der Waals surface area contributed by atoms with E-state index in [-0.39, 0.29) is 5.91 Å². The van der Waals surface area contributed by atoms with E-state index in [1.807, 2.05) is 0 Å². The zero-order chi connectivity index (χ0) is 18.8. The third kappa shape index (κ3) is 4.86. The molecule has 2 rings (SSSR count). The van der Waals surface area contributed by atoms with Gasteiger partial charge < -0.3 is 10.2 Å². The van der Waals surface area contributed by atoms with E-state index < -0.39 is 27.0 Å².